The molecule has 3 N–H and O–H groups in total. The second-order valence-electron chi connectivity index (χ2n) is 4.49. The van der Waals surface area contributed by atoms with Crippen molar-refractivity contribution >= 4 is 16.9 Å². The summed E-state index contributed by atoms with van der Waals surface area (Å²) in [5, 5.41) is 7.72. The molecule has 20 heavy (non-hydrogen) atoms. The SMILES string of the molecule is CCc1nc2ccccc2n1-c1ncccc1C(=N)N. The fraction of sp³-hybridized carbons (Fsp3) is 0.133. The van der Waals surface area contributed by atoms with Crippen LogP contribution < -0.4 is 5.73 Å². The maximum Gasteiger partial charge on any atom is 0.149 e. The van der Waals surface area contributed by atoms with E-state index in [1.807, 2.05) is 35.8 Å². The summed E-state index contributed by atoms with van der Waals surface area (Å²) in [4.78, 5) is 9.02. The molecule has 0 aliphatic rings. The smallest absolute Gasteiger partial charge is 0.149 e. The van der Waals surface area contributed by atoms with Crippen molar-refractivity contribution in [2.24, 2.45) is 5.73 Å². The number of nitrogens with two attached hydrogens (primary N) is 1. The molecule has 3 aromatic rings. The van der Waals surface area contributed by atoms with E-state index >= 15 is 0 Å². The summed E-state index contributed by atoms with van der Waals surface area (Å²) in [5.41, 5.74) is 8.18. The van der Waals surface area contributed by atoms with Crippen LogP contribution in [0.1, 0.15) is 18.3 Å². The number of aromatic nitrogens is 3. The molecule has 0 unspecified atom stereocenters. The van der Waals surface area contributed by atoms with Crippen LogP contribution in [-0.2, 0) is 6.42 Å². The fourth-order valence-corrected chi connectivity index (χ4v) is 2.33. The summed E-state index contributed by atoms with van der Waals surface area (Å²) in [6.07, 6.45) is 2.48. The van der Waals surface area contributed by atoms with Gasteiger partial charge in [-0.25, -0.2) is 9.97 Å². The van der Waals surface area contributed by atoms with Crippen LogP contribution in [0.25, 0.3) is 16.9 Å². The molecule has 0 fully saturated rings. The predicted molar refractivity (Wildman–Crippen MR) is 79.3 cm³/mol. The molecule has 0 aliphatic carbocycles. The van der Waals surface area contributed by atoms with Gasteiger partial charge < -0.3 is 5.73 Å². The molecule has 0 saturated heterocycles. The van der Waals surface area contributed by atoms with Gasteiger partial charge in [-0.1, -0.05) is 19.1 Å². The zero-order valence-corrected chi connectivity index (χ0v) is 11.2. The van der Waals surface area contributed by atoms with Gasteiger partial charge in [-0.2, -0.15) is 0 Å². The number of hydrogen-bond donors (Lipinski definition) is 2. The molecule has 100 valence electrons. The van der Waals surface area contributed by atoms with Gasteiger partial charge in [0, 0.05) is 12.6 Å². The number of imidazole rings is 1. The van der Waals surface area contributed by atoms with Crippen LogP contribution in [0.2, 0.25) is 0 Å². The van der Waals surface area contributed by atoms with E-state index in [1.165, 1.54) is 0 Å². The Balaban J connectivity index is 2.37. The molecule has 3 rings (SSSR count). The maximum absolute atomic E-state index is 7.72. The number of para-hydroxylation sites is 2. The summed E-state index contributed by atoms with van der Waals surface area (Å²) >= 11 is 0. The third-order valence-corrected chi connectivity index (χ3v) is 3.24. The molecule has 2 heterocycles. The quantitative estimate of drug-likeness (QED) is 0.563. The molecule has 1 aromatic carbocycles. The van der Waals surface area contributed by atoms with Crippen LogP contribution in [-0.4, -0.2) is 20.4 Å². The van der Waals surface area contributed by atoms with Crippen molar-refractivity contribution in [1.29, 1.82) is 5.41 Å². The van der Waals surface area contributed by atoms with E-state index in [0.29, 0.717) is 11.4 Å². The molecular formula is C15H15N5. The predicted octanol–water partition coefficient (Wildman–Crippen LogP) is 2.27. The number of aryl methyl sites for hydroxylation is 1. The molecule has 0 spiro atoms. The number of fused-ring (bicyclic) bond motifs is 1. The molecule has 0 aliphatic heterocycles. The van der Waals surface area contributed by atoms with Gasteiger partial charge in [0.1, 0.15) is 17.5 Å². The second kappa shape index (κ2) is 4.77. The van der Waals surface area contributed by atoms with Crippen molar-refractivity contribution in [1.82, 2.24) is 14.5 Å². The third kappa shape index (κ3) is 1.84. The van der Waals surface area contributed by atoms with Crippen LogP contribution in [0.4, 0.5) is 0 Å². The Morgan fingerprint density at radius 2 is 2.05 bits per heavy atom. The standard InChI is InChI=1S/C15H15N5/c1-2-13-19-11-7-3-4-8-12(11)20(13)15-10(14(16)17)6-5-9-18-15/h3-9H,2H2,1H3,(H3,16,17). The van der Waals surface area contributed by atoms with Crippen molar-refractivity contribution in [3.05, 3.63) is 54.0 Å². The van der Waals surface area contributed by atoms with Crippen molar-refractivity contribution < 1.29 is 0 Å². The normalized spacial score (nSPS) is 10.8. The highest BCUT2D eigenvalue weighted by molar-refractivity contribution is 5.98. The largest absolute Gasteiger partial charge is 0.384 e. The van der Waals surface area contributed by atoms with Gasteiger partial charge in [0.05, 0.1) is 16.6 Å². The van der Waals surface area contributed by atoms with Crippen molar-refractivity contribution in [3.63, 3.8) is 0 Å². The highest BCUT2D eigenvalue weighted by Gasteiger charge is 2.15. The lowest BCUT2D eigenvalue weighted by Crippen LogP contribution is -2.16. The average Bonchev–Trinajstić information content (AvgIpc) is 2.85. The Hall–Kier alpha value is -2.69. The van der Waals surface area contributed by atoms with E-state index in [-0.39, 0.29) is 5.84 Å². The van der Waals surface area contributed by atoms with Gasteiger partial charge in [-0.3, -0.25) is 9.98 Å². The van der Waals surface area contributed by atoms with E-state index in [0.717, 1.165) is 23.3 Å². The molecule has 2 aromatic heterocycles. The molecular weight excluding hydrogens is 250 g/mol. The van der Waals surface area contributed by atoms with Gasteiger partial charge in [-0.05, 0) is 24.3 Å². The van der Waals surface area contributed by atoms with Gasteiger partial charge in [0.2, 0.25) is 0 Å². The zero-order chi connectivity index (χ0) is 14.1. The molecule has 5 heteroatoms. The summed E-state index contributed by atoms with van der Waals surface area (Å²) in [6, 6.07) is 11.5. The number of rotatable bonds is 3. The first-order valence-electron chi connectivity index (χ1n) is 6.48. The van der Waals surface area contributed by atoms with Crippen molar-refractivity contribution in [3.8, 4) is 5.82 Å². The lowest BCUT2D eigenvalue weighted by Gasteiger charge is -2.11. The topological polar surface area (TPSA) is 80.6 Å². The Kier molecular flexibility index (Phi) is 2.95. The number of hydrogen-bond acceptors (Lipinski definition) is 3. The number of nitrogen functional groups attached to an aromatic ring is 1. The second-order valence-corrected chi connectivity index (χ2v) is 4.49. The number of benzene rings is 1. The minimum Gasteiger partial charge on any atom is -0.384 e. The van der Waals surface area contributed by atoms with E-state index in [1.54, 1.807) is 18.3 Å². The van der Waals surface area contributed by atoms with Crippen LogP contribution in [0, 0.1) is 5.41 Å². The van der Waals surface area contributed by atoms with Crippen LogP contribution in [0.3, 0.4) is 0 Å². The van der Waals surface area contributed by atoms with Gasteiger partial charge in [0.25, 0.3) is 0 Å². The number of pyridine rings is 1. The Bertz CT molecular complexity index is 788. The van der Waals surface area contributed by atoms with E-state index < -0.39 is 0 Å². The number of nitrogens with one attached hydrogen (secondary N) is 1. The number of amidine groups is 1. The van der Waals surface area contributed by atoms with Crippen molar-refractivity contribution in [2.45, 2.75) is 13.3 Å². The molecule has 0 amide bonds. The van der Waals surface area contributed by atoms with E-state index in [2.05, 4.69) is 9.97 Å². The fourth-order valence-electron chi connectivity index (χ4n) is 2.33. The van der Waals surface area contributed by atoms with E-state index in [9.17, 15) is 0 Å². The van der Waals surface area contributed by atoms with E-state index in [4.69, 9.17) is 11.1 Å². The first-order chi connectivity index (χ1) is 9.72. The molecule has 0 bridgehead atoms. The first-order valence-corrected chi connectivity index (χ1v) is 6.48. The first kappa shape index (κ1) is 12.3. The van der Waals surface area contributed by atoms with Gasteiger partial charge in [-0.15, -0.1) is 0 Å². The highest BCUT2D eigenvalue weighted by Crippen LogP contribution is 2.22. The van der Waals surface area contributed by atoms with Gasteiger partial charge >= 0.3 is 0 Å². The Morgan fingerprint density at radius 1 is 1.25 bits per heavy atom. The molecule has 0 atom stereocenters. The molecule has 0 radical (unpaired) electrons. The number of nitrogens with zero attached hydrogens (tertiary/aromatic N) is 3. The monoisotopic (exact) mass is 265 g/mol. The highest BCUT2D eigenvalue weighted by atomic mass is 15.1. The van der Waals surface area contributed by atoms with Crippen molar-refractivity contribution in [2.75, 3.05) is 0 Å². The summed E-state index contributed by atoms with van der Waals surface area (Å²) in [7, 11) is 0. The zero-order valence-electron chi connectivity index (χ0n) is 11.2. The minimum absolute atomic E-state index is 0.00735. The lowest BCUT2D eigenvalue weighted by molar-refractivity contribution is 0.882. The summed E-state index contributed by atoms with van der Waals surface area (Å²) in [6.45, 7) is 2.05. The average molecular weight is 265 g/mol. The minimum atomic E-state index is 0.00735. The summed E-state index contributed by atoms with van der Waals surface area (Å²) < 4.78 is 1.98. The Morgan fingerprint density at radius 3 is 2.80 bits per heavy atom. The third-order valence-electron chi connectivity index (χ3n) is 3.24. The van der Waals surface area contributed by atoms with Crippen LogP contribution >= 0.6 is 0 Å². The maximum atomic E-state index is 7.72. The van der Waals surface area contributed by atoms with Gasteiger partial charge in [0.15, 0.2) is 0 Å². The van der Waals surface area contributed by atoms with Crippen LogP contribution in [0.15, 0.2) is 42.6 Å². The molecule has 5 nitrogen and oxygen atoms in total. The molecule has 0 saturated carbocycles. The lowest BCUT2D eigenvalue weighted by atomic mass is 10.2. The Labute approximate surface area is 116 Å². The van der Waals surface area contributed by atoms with Crippen LogP contribution in [0.5, 0.6) is 0 Å². The summed E-state index contributed by atoms with van der Waals surface area (Å²) in [5.74, 6) is 1.57.